The van der Waals surface area contributed by atoms with Crippen molar-refractivity contribution in [1.29, 1.82) is 0 Å². The van der Waals surface area contributed by atoms with Crippen LogP contribution in [0.15, 0.2) is 66.7 Å². The molecule has 0 radical (unpaired) electrons. The number of rotatable bonds is 5. The Bertz CT molecular complexity index is 1050. The minimum absolute atomic E-state index is 0.846. The Morgan fingerprint density at radius 2 is 1.54 bits per heavy atom. The lowest BCUT2D eigenvalue weighted by atomic mass is 10.0. The zero-order chi connectivity index (χ0) is 17.9. The van der Waals surface area contributed by atoms with Crippen LogP contribution in [0.1, 0.15) is 11.3 Å². The molecule has 1 aromatic heterocycles. The molecule has 1 heterocycles. The molecule has 0 aliphatic rings. The maximum atomic E-state index is 4.79. The molecule has 4 rings (SSSR count). The van der Waals surface area contributed by atoms with Crippen LogP contribution < -0.4 is 10.6 Å². The Hall–Kier alpha value is -3.07. The van der Waals surface area contributed by atoms with Crippen LogP contribution in [0.3, 0.4) is 0 Å². The topological polar surface area (TPSA) is 37.0 Å². The van der Waals surface area contributed by atoms with E-state index < -0.39 is 0 Å². The van der Waals surface area contributed by atoms with Crippen LogP contribution >= 0.6 is 0 Å². The van der Waals surface area contributed by atoms with Crippen molar-refractivity contribution in [2.24, 2.45) is 0 Å². The summed E-state index contributed by atoms with van der Waals surface area (Å²) >= 11 is 0. The van der Waals surface area contributed by atoms with Gasteiger partial charge < -0.3 is 10.6 Å². The number of aryl methyl sites for hydroxylation is 2. The van der Waals surface area contributed by atoms with E-state index in [4.69, 9.17) is 4.98 Å². The molecule has 3 nitrogen and oxygen atoms in total. The molecule has 26 heavy (non-hydrogen) atoms. The van der Waals surface area contributed by atoms with Gasteiger partial charge >= 0.3 is 0 Å². The molecule has 0 aliphatic carbocycles. The van der Waals surface area contributed by atoms with Crippen LogP contribution in [-0.4, -0.2) is 18.1 Å². The summed E-state index contributed by atoms with van der Waals surface area (Å²) in [4.78, 5) is 4.79. The third kappa shape index (κ3) is 3.33. The van der Waals surface area contributed by atoms with Crippen LogP contribution in [0.2, 0.25) is 0 Å². The predicted molar refractivity (Wildman–Crippen MR) is 112 cm³/mol. The quantitative estimate of drug-likeness (QED) is 0.370. The van der Waals surface area contributed by atoms with Gasteiger partial charge in [-0.25, -0.2) is 0 Å². The standard InChI is InChI=1S/C23H23N3/c1-16-7-10-19(11-8-16)24-13-14-25-22-15-17(2)26-23-20-6-4-3-5-18(20)9-12-21(22)23/h3-12,15,24H,13-14H2,1-2H3,(H,25,26). The zero-order valence-electron chi connectivity index (χ0n) is 15.2. The number of aromatic nitrogens is 1. The summed E-state index contributed by atoms with van der Waals surface area (Å²) in [5, 5.41) is 10.6. The lowest BCUT2D eigenvalue weighted by Gasteiger charge is -2.13. The van der Waals surface area contributed by atoms with Crippen LogP contribution in [0, 0.1) is 13.8 Å². The number of nitrogens with one attached hydrogen (secondary N) is 2. The zero-order valence-corrected chi connectivity index (χ0v) is 15.2. The molecular weight excluding hydrogens is 318 g/mol. The van der Waals surface area contributed by atoms with E-state index in [9.17, 15) is 0 Å². The van der Waals surface area contributed by atoms with Crippen molar-refractivity contribution in [3.8, 4) is 0 Å². The summed E-state index contributed by atoms with van der Waals surface area (Å²) in [6, 6.07) is 23.4. The van der Waals surface area contributed by atoms with E-state index in [0.29, 0.717) is 0 Å². The van der Waals surface area contributed by atoms with Crippen molar-refractivity contribution < 1.29 is 0 Å². The molecule has 0 fully saturated rings. The molecule has 4 aromatic rings. The SMILES string of the molecule is Cc1ccc(NCCNc2cc(C)nc3c2ccc2ccccc23)cc1. The summed E-state index contributed by atoms with van der Waals surface area (Å²) in [6.07, 6.45) is 0. The van der Waals surface area contributed by atoms with E-state index in [1.807, 2.05) is 0 Å². The summed E-state index contributed by atoms with van der Waals surface area (Å²) in [5.74, 6) is 0. The fourth-order valence-electron chi connectivity index (χ4n) is 3.31. The first-order valence-electron chi connectivity index (χ1n) is 9.04. The third-order valence-corrected chi connectivity index (χ3v) is 4.65. The molecule has 2 N–H and O–H groups in total. The second-order valence-electron chi connectivity index (χ2n) is 6.71. The van der Waals surface area contributed by atoms with Gasteiger partial charge in [-0.15, -0.1) is 0 Å². The van der Waals surface area contributed by atoms with Crippen molar-refractivity contribution in [3.05, 3.63) is 78.0 Å². The molecule has 0 saturated carbocycles. The number of pyridine rings is 1. The highest BCUT2D eigenvalue weighted by atomic mass is 15.0. The molecule has 0 saturated heterocycles. The number of hydrogen-bond donors (Lipinski definition) is 2. The first-order chi connectivity index (χ1) is 12.7. The van der Waals surface area contributed by atoms with Gasteiger partial charge in [0.05, 0.1) is 5.52 Å². The van der Waals surface area contributed by atoms with E-state index in [1.54, 1.807) is 0 Å². The number of nitrogens with zero attached hydrogens (tertiary/aromatic N) is 1. The first kappa shape index (κ1) is 16.4. The minimum atomic E-state index is 0.846. The van der Waals surface area contributed by atoms with E-state index in [0.717, 1.165) is 35.7 Å². The lowest BCUT2D eigenvalue weighted by Crippen LogP contribution is -2.14. The normalized spacial score (nSPS) is 11.0. The lowest BCUT2D eigenvalue weighted by molar-refractivity contribution is 1.08. The fraction of sp³-hybridized carbons (Fsp3) is 0.174. The molecule has 3 aromatic carbocycles. The number of fused-ring (bicyclic) bond motifs is 3. The van der Waals surface area contributed by atoms with Gasteiger partial charge in [0.2, 0.25) is 0 Å². The Labute approximate surface area is 154 Å². The molecule has 0 amide bonds. The molecule has 0 unspecified atom stereocenters. The van der Waals surface area contributed by atoms with Crippen molar-refractivity contribution in [1.82, 2.24) is 4.98 Å². The van der Waals surface area contributed by atoms with Gasteiger partial charge in [-0.2, -0.15) is 0 Å². The van der Waals surface area contributed by atoms with Gasteiger partial charge in [0.1, 0.15) is 0 Å². The Morgan fingerprint density at radius 1 is 0.769 bits per heavy atom. The van der Waals surface area contributed by atoms with E-state index in [1.165, 1.54) is 21.7 Å². The smallest absolute Gasteiger partial charge is 0.0804 e. The average Bonchev–Trinajstić information content (AvgIpc) is 2.66. The summed E-state index contributed by atoms with van der Waals surface area (Å²) in [7, 11) is 0. The van der Waals surface area contributed by atoms with Gasteiger partial charge in [-0.3, -0.25) is 4.98 Å². The molecule has 130 valence electrons. The summed E-state index contributed by atoms with van der Waals surface area (Å²) in [5.41, 5.74) is 5.67. The van der Waals surface area contributed by atoms with Gasteiger partial charge in [0.25, 0.3) is 0 Å². The Kier molecular flexibility index (Phi) is 4.44. The largest absolute Gasteiger partial charge is 0.383 e. The molecule has 0 aliphatic heterocycles. The molecular formula is C23H23N3. The minimum Gasteiger partial charge on any atom is -0.383 e. The second kappa shape index (κ2) is 7.04. The second-order valence-corrected chi connectivity index (χ2v) is 6.71. The van der Waals surface area contributed by atoms with E-state index in [-0.39, 0.29) is 0 Å². The Morgan fingerprint density at radius 3 is 2.38 bits per heavy atom. The highest BCUT2D eigenvalue weighted by Crippen LogP contribution is 2.29. The summed E-state index contributed by atoms with van der Waals surface area (Å²) in [6.45, 7) is 5.86. The van der Waals surface area contributed by atoms with Crippen molar-refractivity contribution >= 4 is 33.1 Å². The van der Waals surface area contributed by atoms with E-state index in [2.05, 4.69) is 91.2 Å². The highest BCUT2D eigenvalue weighted by Gasteiger charge is 2.07. The molecule has 0 spiro atoms. The number of hydrogen-bond acceptors (Lipinski definition) is 3. The average molecular weight is 341 g/mol. The van der Waals surface area contributed by atoms with E-state index >= 15 is 0 Å². The first-order valence-corrected chi connectivity index (χ1v) is 9.04. The predicted octanol–water partition coefficient (Wildman–Crippen LogP) is 5.53. The Balaban J connectivity index is 1.54. The van der Waals surface area contributed by atoms with Gasteiger partial charge in [0.15, 0.2) is 0 Å². The monoisotopic (exact) mass is 341 g/mol. The molecule has 3 heteroatoms. The van der Waals surface area contributed by atoms with Crippen molar-refractivity contribution in [2.75, 3.05) is 23.7 Å². The van der Waals surface area contributed by atoms with Crippen LogP contribution in [-0.2, 0) is 0 Å². The highest BCUT2D eigenvalue weighted by molar-refractivity contribution is 6.09. The maximum absolute atomic E-state index is 4.79. The van der Waals surface area contributed by atoms with Gasteiger partial charge in [0, 0.05) is 40.9 Å². The van der Waals surface area contributed by atoms with Crippen LogP contribution in [0.5, 0.6) is 0 Å². The van der Waals surface area contributed by atoms with Gasteiger partial charge in [-0.1, -0.05) is 54.1 Å². The van der Waals surface area contributed by atoms with Crippen molar-refractivity contribution in [2.45, 2.75) is 13.8 Å². The van der Waals surface area contributed by atoms with Crippen LogP contribution in [0.4, 0.5) is 11.4 Å². The van der Waals surface area contributed by atoms with Crippen LogP contribution in [0.25, 0.3) is 21.7 Å². The molecule has 0 atom stereocenters. The van der Waals surface area contributed by atoms with Crippen molar-refractivity contribution in [3.63, 3.8) is 0 Å². The maximum Gasteiger partial charge on any atom is 0.0804 e. The fourth-order valence-corrected chi connectivity index (χ4v) is 3.31. The van der Waals surface area contributed by atoms with Gasteiger partial charge in [-0.05, 0) is 37.4 Å². The summed E-state index contributed by atoms with van der Waals surface area (Å²) < 4.78 is 0. The number of benzene rings is 3. The number of anilines is 2. The molecule has 0 bridgehead atoms. The third-order valence-electron chi connectivity index (χ3n) is 4.65.